The third-order valence-corrected chi connectivity index (χ3v) is 5.33. The molecule has 2 rings (SSSR count). The van der Waals surface area contributed by atoms with Crippen molar-refractivity contribution >= 4 is 5.91 Å². The lowest BCUT2D eigenvalue weighted by Gasteiger charge is -2.42. The molecule has 1 fully saturated rings. The van der Waals surface area contributed by atoms with Crippen molar-refractivity contribution in [1.29, 1.82) is 0 Å². The Kier molecular flexibility index (Phi) is 7.32. The number of nitrogens with one attached hydrogen (secondary N) is 1. The lowest BCUT2D eigenvalue weighted by molar-refractivity contribution is -0.179. The maximum Gasteiger partial charge on any atom is 0.286 e. The Morgan fingerprint density at radius 3 is 2.60 bits per heavy atom. The molecule has 0 spiro atoms. The molecule has 5 heteroatoms. The fourth-order valence-electron chi connectivity index (χ4n) is 4.02. The van der Waals surface area contributed by atoms with Crippen LogP contribution in [0.5, 0.6) is 0 Å². The SMILES string of the molecule is CCO[C@@H]1OC(C(=O)NC2CCCC2)=C[C@H](C(C)(C)C)[C@@H]1CCCO. The van der Waals surface area contributed by atoms with Gasteiger partial charge in [-0.2, -0.15) is 0 Å². The largest absolute Gasteiger partial charge is 0.459 e. The number of rotatable bonds is 7. The van der Waals surface area contributed by atoms with Gasteiger partial charge in [-0.15, -0.1) is 0 Å². The Morgan fingerprint density at radius 1 is 1.36 bits per heavy atom. The summed E-state index contributed by atoms with van der Waals surface area (Å²) in [5.41, 5.74) is -0.0157. The van der Waals surface area contributed by atoms with E-state index >= 15 is 0 Å². The molecule has 1 amide bonds. The fraction of sp³-hybridized carbons (Fsp3) is 0.850. The number of allylic oxidation sites excluding steroid dienone is 1. The van der Waals surface area contributed by atoms with Crippen molar-refractivity contribution in [3.63, 3.8) is 0 Å². The van der Waals surface area contributed by atoms with Gasteiger partial charge in [-0.05, 0) is 50.0 Å². The van der Waals surface area contributed by atoms with Crippen molar-refractivity contribution in [1.82, 2.24) is 5.32 Å². The Morgan fingerprint density at radius 2 is 2.04 bits per heavy atom. The van der Waals surface area contributed by atoms with Crippen LogP contribution in [0.3, 0.4) is 0 Å². The summed E-state index contributed by atoms with van der Waals surface area (Å²) in [6.45, 7) is 9.18. The van der Waals surface area contributed by atoms with Crippen LogP contribution >= 0.6 is 0 Å². The quantitative estimate of drug-likeness (QED) is 0.736. The summed E-state index contributed by atoms with van der Waals surface area (Å²) in [6.07, 6.45) is 7.54. The number of ether oxygens (including phenoxy) is 2. The molecule has 0 radical (unpaired) electrons. The van der Waals surface area contributed by atoms with Crippen LogP contribution in [-0.2, 0) is 14.3 Å². The van der Waals surface area contributed by atoms with Gasteiger partial charge in [0.2, 0.25) is 6.29 Å². The van der Waals surface area contributed by atoms with Crippen molar-refractivity contribution in [3.8, 4) is 0 Å². The maximum absolute atomic E-state index is 12.7. The summed E-state index contributed by atoms with van der Waals surface area (Å²) in [5, 5.41) is 12.4. The van der Waals surface area contributed by atoms with E-state index in [2.05, 4.69) is 26.1 Å². The molecule has 144 valence electrons. The van der Waals surface area contributed by atoms with E-state index in [0.717, 1.165) is 19.3 Å². The molecule has 2 aliphatic rings. The zero-order chi connectivity index (χ0) is 18.4. The average molecular weight is 354 g/mol. The van der Waals surface area contributed by atoms with Gasteiger partial charge in [0.25, 0.3) is 5.91 Å². The third kappa shape index (κ3) is 5.45. The van der Waals surface area contributed by atoms with Crippen molar-refractivity contribution < 1.29 is 19.4 Å². The highest BCUT2D eigenvalue weighted by molar-refractivity contribution is 5.91. The lowest BCUT2D eigenvalue weighted by atomic mass is 9.70. The molecular formula is C20H35NO4. The van der Waals surface area contributed by atoms with Crippen LogP contribution in [0.1, 0.15) is 66.2 Å². The molecule has 1 aliphatic heterocycles. The summed E-state index contributed by atoms with van der Waals surface area (Å²) in [6, 6.07) is 0.266. The second kappa shape index (κ2) is 9.04. The smallest absolute Gasteiger partial charge is 0.286 e. The molecule has 1 saturated carbocycles. The van der Waals surface area contributed by atoms with E-state index < -0.39 is 6.29 Å². The third-order valence-electron chi connectivity index (χ3n) is 5.33. The van der Waals surface area contributed by atoms with Crippen LogP contribution in [0.4, 0.5) is 0 Å². The molecule has 0 aromatic rings. The number of aliphatic hydroxyl groups excluding tert-OH is 1. The van der Waals surface area contributed by atoms with Gasteiger partial charge in [-0.3, -0.25) is 4.79 Å². The van der Waals surface area contributed by atoms with Gasteiger partial charge in [-0.1, -0.05) is 33.6 Å². The summed E-state index contributed by atoms with van der Waals surface area (Å²) in [4.78, 5) is 12.7. The first-order chi connectivity index (χ1) is 11.9. The molecule has 0 unspecified atom stereocenters. The van der Waals surface area contributed by atoms with Crippen molar-refractivity contribution in [2.75, 3.05) is 13.2 Å². The van der Waals surface area contributed by atoms with E-state index in [0.29, 0.717) is 18.8 Å². The van der Waals surface area contributed by atoms with Gasteiger partial charge in [0.05, 0.1) is 0 Å². The number of carbonyl (C=O) groups excluding carboxylic acids is 1. The van der Waals surface area contributed by atoms with E-state index in [9.17, 15) is 9.90 Å². The first-order valence-corrected chi connectivity index (χ1v) is 9.78. The van der Waals surface area contributed by atoms with Crippen molar-refractivity contribution in [2.24, 2.45) is 17.3 Å². The predicted molar refractivity (Wildman–Crippen MR) is 97.7 cm³/mol. The summed E-state index contributed by atoms with van der Waals surface area (Å²) < 4.78 is 11.8. The van der Waals surface area contributed by atoms with Crippen LogP contribution in [0.25, 0.3) is 0 Å². The molecule has 1 aliphatic carbocycles. The minimum atomic E-state index is -0.435. The Balaban J connectivity index is 2.20. The van der Waals surface area contributed by atoms with Crippen LogP contribution in [0, 0.1) is 17.3 Å². The van der Waals surface area contributed by atoms with E-state index in [1.54, 1.807) is 0 Å². The highest BCUT2D eigenvalue weighted by Gasteiger charge is 2.42. The zero-order valence-electron chi connectivity index (χ0n) is 16.2. The first-order valence-electron chi connectivity index (χ1n) is 9.78. The number of hydrogen-bond donors (Lipinski definition) is 2. The average Bonchev–Trinajstić information content (AvgIpc) is 3.05. The van der Waals surface area contributed by atoms with Gasteiger partial charge in [0.15, 0.2) is 5.76 Å². The highest BCUT2D eigenvalue weighted by Crippen LogP contribution is 2.42. The van der Waals surface area contributed by atoms with Crippen LogP contribution in [0.15, 0.2) is 11.8 Å². The van der Waals surface area contributed by atoms with Gasteiger partial charge in [-0.25, -0.2) is 0 Å². The summed E-state index contributed by atoms with van der Waals surface area (Å²) in [5.74, 6) is 0.570. The number of aliphatic hydroxyl groups is 1. The Labute approximate surface area is 152 Å². The summed E-state index contributed by atoms with van der Waals surface area (Å²) >= 11 is 0. The fourth-order valence-corrected chi connectivity index (χ4v) is 4.02. The first kappa shape index (κ1) is 20.2. The zero-order valence-corrected chi connectivity index (χ0v) is 16.2. The van der Waals surface area contributed by atoms with Gasteiger partial charge >= 0.3 is 0 Å². The molecule has 5 nitrogen and oxygen atoms in total. The minimum Gasteiger partial charge on any atom is -0.459 e. The van der Waals surface area contributed by atoms with Crippen LogP contribution in [-0.4, -0.2) is 36.6 Å². The normalized spacial score (nSPS) is 27.7. The Hall–Kier alpha value is -1.07. The molecule has 25 heavy (non-hydrogen) atoms. The van der Waals surface area contributed by atoms with Crippen molar-refractivity contribution in [2.45, 2.75) is 78.6 Å². The van der Waals surface area contributed by atoms with E-state index in [4.69, 9.17) is 9.47 Å². The number of amides is 1. The predicted octanol–water partition coefficient (Wildman–Crippen LogP) is 3.37. The van der Waals surface area contributed by atoms with Crippen LogP contribution < -0.4 is 5.32 Å². The molecule has 0 aromatic heterocycles. The van der Waals surface area contributed by atoms with Gasteiger partial charge in [0, 0.05) is 25.2 Å². The maximum atomic E-state index is 12.7. The minimum absolute atomic E-state index is 0.0157. The van der Waals surface area contributed by atoms with Gasteiger partial charge < -0.3 is 19.9 Å². The molecular weight excluding hydrogens is 318 g/mol. The molecule has 2 N–H and O–H groups in total. The monoisotopic (exact) mass is 353 g/mol. The molecule has 1 heterocycles. The number of hydrogen-bond acceptors (Lipinski definition) is 4. The Bertz CT molecular complexity index is 463. The lowest BCUT2D eigenvalue weighted by Crippen LogP contribution is -2.44. The topological polar surface area (TPSA) is 67.8 Å². The molecule has 0 aromatic carbocycles. The van der Waals surface area contributed by atoms with E-state index in [1.807, 2.05) is 13.0 Å². The molecule has 0 saturated heterocycles. The second-order valence-electron chi connectivity index (χ2n) is 8.35. The molecule has 0 bridgehead atoms. The second-order valence-corrected chi connectivity index (χ2v) is 8.35. The summed E-state index contributed by atoms with van der Waals surface area (Å²) in [7, 11) is 0. The number of carbonyl (C=O) groups is 1. The molecule has 3 atom stereocenters. The van der Waals surface area contributed by atoms with E-state index in [-0.39, 0.29) is 35.8 Å². The van der Waals surface area contributed by atoms with Crippen LogP contribution in [0.2, 0.25) is 0 Å². The highest BCUT2D eigenvalue weighted by atomic mass is 16.7. The van der Waals surface area contributed by atoms with Crippen molar-refractivity contribution in [3.05, 3.63) is 11.8 Å². The van der Waals surface area contributed by atoms with Gasteiger partial charge in [0.1, 0.15) is 0 Å². The standard InChI is InChI=1S/C20H35NO4/c1-5-24-19-15(11-8-12-22)16(20(2,3)4)13-17(25-19)18(23)21-14-9-6-7-10-14/h13-16,19,22H,5-12H2,1-4H3,(H,21,23)/t15-,16-,19+/m0/s1. The van der Waals surface area contributed by atoms with E-state index in [1.165, 1.54) is 12.8 Å².